The Balaban J connectivity index is 2.83. The average molecular weight is 286 g/mol. The predicted octanol–water partition coefficient (Wildman–Crippen LogP) is 1.16. The highest BCUT2D eigenvalue weighted by atomic mass is 32.2. The average Bonchev–Trinajstić information content (AvgIpc) is 2.36. The number of sulfonamides is 1. The molecule has 0 amide bonds. The summed E-state index contributed by atoms with van der Waals surface area (Å²) < 4.78 is 32.2. The first-order chi connectivity index (χ1) is 8.90. The van der Waals surface area contributed by atoms with Gasteiger partial charge >= 0.3 is 0 Å². The van der Waals surface area contributed by atoms with E-state index in [1.54, 1.807) is 25.1 Å². The number of nitrogens with two attached hydrogens (primary N) is 1. The summed E-state index contributed by atoms with van der Waals surface area (Å²) in [5.74, 6) is 0. The van der Waals surface area contributed by atoms with E-state index in [0.29, 0.717) is 18.7 Å². The highest BCUT2D eigenvalue weighted by molar-refractivity contribution is 7.89. The molecular weight excluding hydrogens is 264 g/mol. The van der Waals surface area contributed by atoms with Gasteiger partial charge in [-0.2, -0.15) is 0 Å². The number of hydrogen-bond acceptors (Lipinski definition) is 4. The van der Waals surface area contributed by atoms with E-state index in [1.807, 2.05) is 13.8 Å². The zero-order chi connectivity index (χ0) is 14.5. The second-order valence-corrected chi connectivity index (χ2v) is 6.16. The maximum Gasteiger partial charge on any atom is 0.240 e. The van der Waals surface area contributed by atoms with Crippen molar-refractivity contribution in [2.45, 2.75) is 38.3 Å². The fourth-order valence-corrected chi connectivity index (χ4v) is 3.13. The van der Waals surface area contributed by atoms with Crippen LogP contribution in [-0.4, -0.2) is 27.7 Å². The van der Waals surface area contributed by atoms with Gasteiger partial charge in [-0.25, -0.2) is 13.1 Å². The number of rotatable bonds is 7. The summed E-state index contributed by atoms with van der Waals surface area (Å²) in [5.41, 5.74) is 7.14. The summed E-state index contributed by atoms with van der Waals surface area (Å²) in [6.45, 7) is 6.69. The van der Waals surface area contributed by atoms with E-state index in [9.17, 15) is 8.42 Å². The van der Waals surface area contributed by atoms with Gasteiger partial charge in [0.25, 0.3) is 0 Å². The molecule has 0 saturated carbocycles. The van der Waals surface area contributed by atoms with E-state index in [4.69, 9.17) is 10.5 Å². The van der Waals surface area contributed by atoms with Gasteiger partial charge in [-0.15, -0.1) is 0 Å². The lowest BCUT2D eigenvalue weighted by atomic mass is 10.1. The molecule has 0 spiro atoms. The van der Waals surface area contributed by atoms with E-state index >= 15 is 0 Å². The fourth-order valence-electron chi connectivity index (χ4n) is 1.79. The van der Waals surface area contributed by atoms with Gasteiger partial charge in [0, 0.05) is 19.7 Å². The van der Waals surface area contributed by atoms with Crippen LogP contribution in [0.3, 0.4) is 0 Å². The van der Waals surface area contributed by atoms with Crippen LogP contribution in [0, 0.1) is 6.92 Å². The molecule has 0 fully saturated rings. The van der Waals surface area contributed by atoms with Crippen molar-refractivity contribution in [1.82, 2.24) is 4.72 Å². The van der Waals surface area contributed by atoms with Crippen LogP contribution < -0.4 is 10.5 Å². The van der Waals surface area contributed by atoms with Crippen LogP contribution in [0.15, 0.2) is 23.1 Å². The highest BCUT2D eigenvalue weighted by Gasteiger charge is 2.17. The molecule has 3 N–H and O–H groups in total. The molecule has 0 radical (unpaired) electrons. The molecule has 0 aliphatic carbocycles. The minimum absolute atomic E-state index is 0.150. The summed E-state index contributed by atoms with van der Waals surface area (Å²) in [5, 5.41) is 0. The van der Waals surface area contributed by atoms with Gasteiger partial charge in [-0.05, 0) is 38.0 Å². The Kier molecular flexibility index (Phi) is 5.93. The molecule has 1 aromatic carbocycles. The van der Waals surface area contributed by atoms with E-state index in [2.05, 4.69) is 4.72 Å². The third-order valence-electron chi connectivity index (χ3n) is 2.78. The predicted molar refractivity (Wildman–Crippen MR) is 75.3 cm³/mol. The van der Waals surface area contributed by atoms with Crippen LogP contribution in [0.2, 0.25) is 0 Å². The second-order valence-electron chi connectivity index (χ2n) is 4.42. The molecule has 0 aliphatic heterocycles. The quantitative estimate of drug-likeness (QED) is 0.788. The second kappa shape index (κ2) is 7.00. The number of benzene rings is 1. The van der Waals surface area contributed by atoms with Crippen LogP contribution in [0.4, 0.5) is 0 Å². The summed E-state index contributed by atoms with van der Waals surface area (Å²) in [6.07, 6.45) is -0.150. The number of aryl methyl sites for hydroxylation is 1. The Morgan fingerprint density at radius 1 is 1.42 bits per heavy atom. The Morgan fingerprint density at radius 2 is 2.11 bits per heavy atom. The lowest BCUT2D eigenvalue weighted by molar-refractivity contribution is 0.0799. The van der Waals surface area contributed by atoms with Crippen molar-refractivity contribution in [2.75, 3.05) is 13.2 Å². The minimum Gasteiger partial charge on any atom is -0.377 e. The van der Waals surface area contributed by atoms with Crippen LogP contribution in [0.25, 0.3) is 0 Å². The summed E-state index contributed by atoms with van der Waals surface area (Å²) in [4.78, 5) is 0.286. The third kappa shape index (κ3) is 4.58. The number of ether oxygens (including phenoxy) is 1. The molecule has 1 unspecified atom stereocenters. The van der Waals surface area contributed by atoms with Crippen LogP contribution in [-0.2, 0) is 21.3 Å². The highest BCUT2D eigenvalue weighted by Crippen LogP contribution is 2.16. The van der Waals surface area contributed by atoms with Crippen LogP contribution in [0.5, 0.6) is 0 Å². The molecule has 6 heteroatoms. The van der Waals surface area contributed by atoms with Gasteiger partial charge in [0.05, 0.1) is 11.0 Å². The first kappa shape index (κ1) is 16.1. The number of hydrogen-bond donors (Lipinski definition) is 2. The molecule has 19 heavy (non-hydrogen) atoms. The lowest BCUT2D eigenvalue weighted by Crippen LogP contribution is -2.32. The fraction of sp³-hybridized carbons (Fsp3) is 0.538. The van der Waals surface area contributed by atoms with Crippen molar-refractivity contribution in [1.29, 1.82) is 0 Å². The van der Waals surface area contributed by atoms with Crippen LogP contribution in [0.1, 0.15) is 25.0 Å². The molecule has 0 heterocycles. The maximum atomic E-state index is 12.2. The zero-order valence-electron chi connectivity index (χ0n) is 11.6. The zero-order valence-corrected chi connectivity index (χ0v) is 12.5. The van der Waals surface area contributed by atoms with Crippen molar-refractivity contribution in [3.05, 3.63) is 29.3 Å². The van der Waals surface area contributed by atoms with Crippen LogP contribution >= 0.6 is 0 Å². The molecular formula is C13H22N2O3S. The van der Waals surface area contributed by atoms with Gasteiger partial charge in [-0.1, -0.05) is 12.1 Å². The molecule has 1 rings (SSSR count). The molecule has 0 aliphatic rings. The van der Waals surface area contributed by atoms with Crippen molar-refractivity contribution in [3.63, 3.8) is 0 Å². The van der Waals surface area contributed by atoms with Gasteiger partial charge in [-0.3, -0.25) is 0 Å². The van der Waals surface area contributed by atoms with E-state index < -0.39 is 10.0 Å². The first-order valence-electron chi connectivity index (χ1n) is 6.31. The van der Waals surface area contributed by atoms with Gasteiger partial charge < -0.3 is 10.5 Å². The summed E-state index contributed by atoms with van der Waals surface area (Å²) >= 11 is 0. The minimum atomic E-state index is -3.50. The van der Waals surface area contributed by atoms with Gasteiger partial charge in [0.1, 0.15) is 0 Å². The van der Waals surface area contributed by atoms with Crippen molar-refractivity contribution < 1.29 is 13.2 Å². The van der Waals surface area contributed by atoms with Gasteiger partial charge in [0.15, 0.2) is 0 Å². The largest absolute Gasteiger partial charge is 0.377 e. The Labute approximate surface area is 115 Å². The van der Waals surface area contributed by atoms with Crippen molar-refractivity contribution >= 4 is 10.0 Å². The molecule has 0 bridgehead atoms. The monoisotopic (exact) mass is 286 g/mol. The smallest absolute Gasteiger partial charge is 0.240 e. The lowest BCUT2D eigenvalue weighted by Gasteiger charge is -2.14. The van der Waals surface area contributed by atoms with E-state index in [0.717, 1.165) is 5.56 Å². The van der Waals surface area contributed by atoms with E-state index in [1.165, 1.54) is 0 Å². The standard InChI is InChI=1S/C13H22N2O3S/c1-4-18-11(3)9-15-19(16,17)13-6-5-12(8-14)7-10(13)2/h5-7,11,15H,4,8-9,14H2,1-3H3. The van der Waals surface area contributed by atoms with Gasteiger partial charge in [0.2, 0.25) is 10.0 Å². The normalized spacial score (nSPS) is 13.5. The molecule has 1 atom stereocenters. The maximum absolute atomic E-state index is 12.2. The molecule has 1 aromatic rings. The Bertz CT molecular complexity index is 515. The Morgan fingerprint density at radius 3 is 2.63 bits per heavy atom. The van der Waals surface area contributed by atoms with Crippen molar-refractivity contribution in [3.8, 4) is 0 Å². The topological polar surface area (TPSA) is 81.4 Å². The van der Waals surface area contributed by atoms with Crippen molar-refractivity contribution in [2.24, 2.45) is 5.73 Å². The molecule has 108 valence electrons. The summed E-state index contributed by atoms with van der Waals surface area (Å²) in [7, 11) is -3.50. The molecule has 0 aromatic heterocycles. The third-order valence-corrected chi connectivity index (χ3v) is 4.36. The summed E-state index contributed by atoms with van der Waals surface area (Å²) in [6, 6.07) is 5.11. The SMILES string of the molecule is CCOC(C)CNS(=O)(=O)c1ccc(CN)cc1C. The Hall–Kier alpha value is -0.950. The molecule has 0 saturated heterocycles. The number of nitrogens with one attached hydrogen (secondary N) is 1. The van der Waals surface area contributed by atoms with E-state index in [-0.39, 0.29) is 17.5 Å². The first-order valence-corrected chi connectivity index (χ1v) is 7.80. The molecule has 5 nitrogen and oxygen atoms in total.